The van der Waals surface area contributed by atoms with Crippen molar-refractivity contribution in [1.29, 1.82) is 0 Å². The fraction of sp³-hybridized carbons (Fsp3) is 0. The summed E-state index contributed by atoms with van der Waals surface area (Å²) in [5, 5.41) is 0. The van der Waals surface area contributed by atoms with Crippen LogP contribution in [0.3, 0.4) is 0 Å². The zero-order valence-electron chi connectivity index (χ0n) is 6.59. The molecule has 16 heavy (non-hydrogen) atoms. The van der Waals surface area contributed by atoms with Crippen LogP contribution in [0.15, 0.2) is 0 Å². The van der Waals surface area contributed by atoms with Gasteiger partial charge in [-0.05, 0) is 0 Å². The van der Waals surface area contributed by atoms with Crippen LogP contribution in [0.1, 0.15) is 0 Å². The zero-order chi connectivity index (χ0) is 13.5. The van der Waals surface area contributed by atoms with Gasteiger partial charge in [0.15, 0.2) is 0 Å². The summed E-state index contributed by atoms with van der Waals surface area (Å²) in [6.45, 7) is 0. The third-order valence-corrected chi connectivity index (χ3v) is 0. The van der Waals surface area contributed by atoms with Crippen LogP contribution >= 0.6 is 0 Å². The van der Waals surface area contributed by atoms with E-state index in [0.717, 1.165) is 0 Å². The van der Waals surface area contributed by atoms with E-state index < -0.39 is 43.5 Å². The van der Waals surface area contributed by atoms with Gasteiger partial charge in [-0.2, -0.15) is 0 Å². The van der Waals surface area contributed by atoms with Gasteiger partial charge in [-0.3, -0.25) is 0 Å². The van der Waals surface area contributed by atoms with Crippen LogP contribution in [-0.4, -0.2) is 88.8 Å². The van der Waals surface area contributed by atoms with Gasteiger partial charge in [-0.1, -0.05) is 0 Å². The molecule has 0 aliphatic rings. The van der Waals surface area contributed by atoms with Gasteiger partial charge in [0.2, 0.25) is 0 Å². The molecule has 0 atom stereocenters. The van der Waals surface area contributed by atoms with Gasteiger partial charge in [-0.15, -0.1) is 0 Å². The Labute approximate surface area is 99.8 Å². The molecule has 0 bridgehead atoms. The molecule has 0 amide bonds. The van der Waals surface area contributed by atoms with Gasteiger partial charge >= 0.3 is 91.6 Å². The maximum absolute atomic E-state index is 8.94. The summed E-state index contributed by atoms with van der Waals surface area (Å²) in [6.07, 6.45) is 0. The van der Waals surface area contributed by atoms with Gasteiger partial charge in [0.25, 0.3) is 0 Å². The molecule has 0 fully saturated rings. The van der Waals surface area contributed by atoms with Crippen molar-refractivity contribution in [2.45, 2.75) is 0 Å². The normalized spacial score (nSPS) is 11.1. The fourth-order valence-electron chi connectivity index (χ4n) is 0. The van der Waals surface area contributed by atoms with Crippen molar-refractivity contribution < 1.29 is 48.1 Å². The molecule has 102 valence electrons. The van der Waals surface area contributed by atoms with Crippen LogP contribution in [0.5, 0.6) is 0 Å². The topological polar surface area (TPSA) is 233 Å². The van der Waals surface area contributed by atoms with E-state index in [4.69, 9.17) is 48.1 Å². The summed E-state index contributed by atoms with van der Waals surface area (Å²) in [7, 11) is 0. The van der Waals surface area contributed by atoms with E-state index in [-0.39, 0.29) is 8.41 Å². The van der Waals surface area contributed by atoms with E-state index in [1.54, 1.807) is 0 Å². The van der Waals surface area contributed by atoms with Crippen molar-refractivity contribution in [3.05, 3.63) is 0 Å². The van der Waals surface area contributed by atoms with E-state index in [9.17, 15) is 0 Å². The Bertz CT molecular complexity index is 202. The number of hydrogen-bond donors (Lipinski definition) is 9. The quantitative estimate of drug-likeness (QED) is 0.160. The predicted molar refractivity (Wildman–Crippen MR) is 49.2 cm³/mol. The Morgan fingerprint density at radius 2 is 0.438 bits per heavy atom. The molecule has 0 radical (unpaired) electrons. The molecule has 0 aromatic carbocycles. The van der Waals surface area contributed by atoms with Gasteiger partial charge in [0, 0.05) is 0 Å². The average Bonchev–Trinajstić information content (AvgIpc) is 1.41. The summed E-state index contributed by atoms with van der Waals surface area (Å²) >= 11 is -15.4. The summed E-state index contributed by atoms with van der Waals surface area (Å²) in [4.78, 5) is 0. The van der Waals surface area contributed by atoms with Gasteiger partial charge < -0.3 is 0 Å². The van der Waals surface area contributed by atoms with Crippen molar-refractivity contribution in [1.82, 2.24) is 0 Å². The number of hydrogen-bond acceptors (Lipinski definition) is 3. The van der Waals surface area contributed by atoms with Crippen molar-refractivity contribution in [2.24, 2.45) is 0 Å². The van der Waals surface area contributed by atoms with Gasteiger partial charge in [0.1, 0.15) is 0 Å². The van der Waals surface area contributed by atoms with E-state index in [1.807, 2.05) is 0 Å². The Kier molecular flexibility index (Phi) is 15.6. The Morgan fingerprint density at radius 3 is 0.438 bits per heavy atom. The molecule has 0 saturated heterocycles. The predicted octanol–water partition coefficient (Wildman–Crippen LogP) is -7.70. The molecule has 0 aromatic heterocycles. The van der Waals surface area contributed by atoms with E-state index in [2.05, 4.69) is 0 Å². The molecule has 0 aliphatic carbocycles. The van der Waals surface area contributed by atoms with Crippen LogP contribution in [-0.2, 0) is 11.2 Å². The van der Waals surface area contributed by atoms with Crippen LogP contribution in [0.4, 0.5) is 0 Å². The monoisotopic (exact) mass is 440 g/mol. The van der Waals surface area contributed by atoms with Crippen LogP contribution in [0.25, 0.3) is 0 Å². The Morgan fingerprint density at radius 1 is 0.438 bits per heavy atom. The second kappa shape index (κ2) is 9.77. The van der Waals surface area contributed by atoms with E-state index >= 15 is 0 Å². The third-order valence-electron chi connectivity index (χ3n) is 0. The SMILES string of the molecule is B.O=[As](O)(O)O.O=[As](O)(O)O.O=[As](O)(O)O. The van der Waals surface area contributed by atoms with Crippen molar-refractivity contribution in [3.8, 4) is 0 Å². The molecular formula is H12As3BO12. The van der Waals surface area contributed by atoms with E-state index in [0.29, 0.717) is 0 Å². The summed E-state index contributed by atoms with van der Waals surface area (Å²) < 4.78 is 92.1. The third kappa shape index (κ3) is 4610. The van der Waals surface area contributed by atoms with Crippen molar-refractivity contribution >= 4 is 52.0 Å². The summed E-state index contributed by atoms with van der Waals surface area (Å²) in [6, 6.07) is 0. The Balaban J connectivity index is -0.0000000655. The molecule has 0 heterocycles. The first-order chi connectivity index (χ1) is 6.00. The number of rotatable bonds is 0. The summed E-state index contributed by atoms with van der Waals surface area (Å²) in [5.74, 6) is 0. The standard InChI is InChI=1S/3AsH3O4.BH3/c3*2-1(3,4)5;/h3*(H3,2,3,4,5);1H3. The molecule has 0 rings (SSSR count). The van der Waals surface area contributed by atoms with Crippen molar-refractivity contribution in [3.63, 3.8) is 0 Å². The molecule has 0 spiro atoms. The van der Waals surface area contributed by atoms with Gasteiger partial charge in [-0.25, -0.2) is 0 Å². The fourth-order valence-corrected chi connectivity index (χ4v) is 0. The van der Waals surface area contributed by atoms with Crippen LogP contribution < -0.4 is 0 Å². The van der Waals surface area contributed by atoms with Crippen LogP contribution in [0.2, 0.25) is 0 Å². The molecule has 9 N–H and O–H groups in total. The average molecular weight is 440 g/mol. The molecule has 0 aromatic rings. The van der Waals surface area contributed by atoms with Crippen LogP contribution in [0, 0.1) is 0 Å². The minimum atomic E-state index is -5.12. The molecule has 0 aliphatic heterocycles. The van der Waals surface area contributed by atoms with E-state index in [1.165, 1.54) is 0 Å². The molecule has 16 heteroatoms. The molecular weight excluding hydrogens is 428 g/mol. The second-order valence-corrected chi connectivity index (χ2v) is 8.00. The maximum atomic E-state index is 8.94. The zero-order valence-corrected chi connectivity index (χ0v) is 12.2. The minimum absolute atomic E-state index is 0. The molecule has 0 unspecified atom stereocenters. The molecule has 0 saturated carbocycles. The van der Waals surface area contributed by atoms with Crippen molar-refractivity contribution in [2.75, 3.05) is 0 Å². The first kappa shape index (κ1) is 25.6. The second-order valence-electron chi connectivity index (χ2n) is 1.54. The Hall–Kier alpha value is 0.780. The molecule has 12 nitrogen and oxygen atoms in total. The summed E-state index contributed by atoms with van der Waals surface area (Å²) in [5.41, 5.74) is 0. The first-order valence-electron chi connectivity index (χ1n) is 2.35. The van der Waals surface area contributed by atoms with Gasteiger partial charge in [0.05, 0.1) is 8.41 Å². The first-order valence-corrected chi connectivity index (χ1v) is 12.2.